The SMILES string of the molecule is CC(=NC(=NC(=N)c1ccc2ccccc2c1)c1cc(-c2ccccc2)cc2oc3ccccc3c12)c1ccc(-c2ccccc2)c(-c2ccc3ccccc3c2)c1. The first kappa shape index (κ1) is 34.8. The molecule has 0 atom stereocenters. The molecule has 1 aromatic heterocycles. The molecule has 0 radical (unpaired) electrons. The van der Waals surface area contributed by atoms with Gasteiger partial charge in [-0.2, -0.15) is 0 Å². The molecule has 9 aromatic carbocycles. The molecule has 4 heteroatoms. The Morgan fingerprint density at radius 1 is 0.431 bits per heavy atom. The normalized spacial score (nSPS) is 12.2. The Hall–Kier alpha value is -7.69. The highest BCUT2D eigenvalue weighted by molar-refractivity contribution is 6.24. The number of hydrogen-bond acceptors (Lipinski definition) is 2. The lowest BCUT2D eigenvalue weighted by Crippen LogP contribution is -2.08. The minimum atomic E-state index is 0.125. The maximum absolute atomic E-state index is 9.44. The molecule has 0 spiro atoms. The summed E-state index contributed by atoms with van der Waals surface area (Å²) in [4.78, 5) is 10.5. The molecule has 0 aliphatic carbocycles. The van der Waals surface area contributed by atoms with Gasteiger partial charge in [-0.1, -0.05) is 164 Å². The Bertz CT molecular complexity index is 3250. The second-order valence-electron chi connectivity index (χ2n) is 14.6. The van der Waals surface area contributed by atoms with E-state index in [0.29, 0.717) is 11.4 Å². The third-order valence-electron chi connectivity index (χ3n) is 10.9. The average Bonchev–Trinajstić information content (AvgIpc) is 3.67. The van der Waals surface area contributed by atoms with Crippen molar-refractivity contribution < 1.29 is 4.42 Å². The number of hydrogen-bond donors (Lipinski definition) is 1. The van der Waals surface area contributed by atoms with Crippen molar-refractivity contribution in [2.45, 2.75) is 6.92 Å². The van der Waals surface area contributed by atoms with E-state index in [2.05, 4.69) is 127 Å². The molecule has 0 bridgehead atoms. The molecule has 0 aliphatic rings. The number of benzene rings is 9. The zero-order valence-corrected chi connectivity index (χ0v) is 31.9. The second kappa shape index (κ2) is 14.8. The maximum atomic E-state index is 9.44. The number of nitrogens with one attached hydrogen (secondary N) is 1. The number of furan rings is 1. The highest BCUT2D eigenvalue weighted by Gasteiger charge is 2.20. The first-order valence-corrected chi connectivity index (χ1v) is 19.5. The van der Waals surface area contributed by atoms with Gasteiger partial charge in [-0.3, -0.25) is 5.41 Å². The van der Waals surface area contributed by atoms with Gasteiger partial charge in [0, 0.05) is 27.6 Å². The molecule has 274 valence electrons. The fraction of sp³-hybridized carbons (Fsp3) is 0.0185. The van der Waals surface area contributed by atoms with Gasteiger partial charge in [-0.15, -0.1) is 0 Å². The minimum Gasteiger partial charge on any atom is -0.456 e. The van der Waals surface area contributed by atoms with Gasteiger partial charge < -0.3 is 4.42 Å². The van der Waals surface area contributed by atoms with E-state index in [1.165, 1.54) is 10.8 Å². The lowest BCUT2D eigenvalue weighted by molar-refractivity contribution is 0.669. The smallest absolute Gasteiger partial charge is 0.162 e. The van der Waals surface area contributed by atoms with Gasteiger partial charge in [0.25, 0.3) is 0 Å². The number of nitrogens with zero attached hydrogens (tertiary/aromatic N) is 2. The van der Waals surface area contributed by atoms with E-state index in [-0.39, 0.29) is 5.84 Å². The van der Waals surface area contributed by atoms with Crippen LogP contribution in [0.2, 0.25) is 0 Å². The van der Waals surface area contributed by atoms with Crippen molar-refractivity contribution in [3.63, 3.8) is 0 Å². The minimum absolute atomic E-state index is 0.125. The van der Waals surface area contributed by atoms with Crippen molar-refractivity contribution in [2.24, 2.45) is 9.98 Å². The zero-order chi connectivity index (χ0) is 39.0. The van der Waals surface area contributed by atoms with Gasteiger partial charge in [0.2, 0.25) is 0 Å². The summed E-state index contributed by atoms with van der Waals surface area (Å²) in [5.74, 6) is 0.559. The number of rotatable bonds is 6. The Kier molecular flexibility index (Phi) is 8.85. The molecule has 10 aromatic rings. The predicted octanol–water partition coefficient (Wildman–Crippen LogP) is 14.2. The van der Waals surface area contributed by atoms with E-state index in [1.807, 2.05) is 79.7 Å². The number of amidine groups is 2. The first-order chi connectivity index (χ1) is 28.6. The van der Waals surface area contributed by atoms with Crippen molar-refractivity contribution in [1.82, 2.24) is 0 Å². The van der Waals surface area contributed by atoms with Crippen molar-refractivity contribution in [2.75, 3.05) is 0 Å². The Morgan fingerprint density at radius 3 is 1.81 bits per heavy atom. The van der Waals surface area contributed by atoms with E-state index in [4.69, 9.17) is 14.4 Å². The summed E-state index contributed by atoms with van der Waals surface area (Å²) in [5, 5.41) is 15.9. The highest BCUT2D eigenvalue weighted by Crippen LogP contribution is 2.38. The molecule has 0 fully saturated rings. The van der Waals surface area contributed by atoms with Crippen LogP contribution in [-0.2, 0) is 0 Å². The lowest BCUT2D eigenvalue weighted by Gasteiger charge is -2.14. The topological polar surface area (TPSA) is 61.7 Å². The number of aliphatic imine (C=N–C) groups is 2. The Balaban J connectivity index is 1.19. The van der Waals surface area contributed by atoms with Crippen LogP contribution in [0.25, 0.3) is 76.9 Å². The Morgan fingerprint density at radius 2 is 1.05 bits per heavy atom. The summed E-state index contributed by atoms with van der Waals surface area (Å²) in [7, 11) is 0. The van der Waals surface area contributed by atoms with Crippen LogP contribution in [0.5, 0.6) is 0 Å². The van der Waals surface area contributed by atoms with Crippen molar-refractivity contribution >= 4 is 60.9 Å². The molecule has 0 amide bonds. The molecule has 10 rings (SSSR count). The lowest BCUT2D eigenvalue weighted by atomic mass is 9.91. The van der Waals surface area contributed by atoms with Crippen LogP contribution in [0, 0.1) is 5.41 Å². The number of fused-ring (bicyclic) bond motifs is 5. The molecular formula is C54H37N3O. The summed E-state index contributed by atoms with van der Waals surface area (Å²) in [6.07, 6.45) is 0. The third kappa shape index (κ3) is 6.57. The monoisotopic (exact) mass is 743 g/mol. The molecule has 58 heavy (non-hydrogen) atoms. The molecule has 0 saturated heterocycles. The third-order valence-corrected chi connectivity index (χ3v) is 10.9. The van der Waals surface area contributed by atoms with E-state index in [0.717, 1.165) is 82.9 Å². The fourth-order valence-corrected chi connectivity index (χ4v) is 7.94. The highest BCUT2D eigenvalue weighted by atomic mass is 16.3. The second-order valence-corrected chi connectivity index (χ2v) is 14.6. The van der Waals surface area contributed by atoms with Crippen molar-refractivity contribution in [1.29, 1.82) is 5.41 Å². The van der Waals surface area contributed by atoms with Crippen LogP contribution in [-0.4, -0.2) is 17.4 Å². The van der Waals surface area contributed by atoms with Gasteiger partial charge in [0.05, 0.1) is 0 Å². The molecule has 0 aliphatic heterocycles. The number of para-hydroxylation sites is 1. The summed E-state index contributed by atoms with van der Waals surface area (Å²) in [6, 6.07) is 69.0. The van der Waals surface area contributed by atoms with Gasteiger partial charge in [-0.05, 0) is 104 Å². The van der Waals surface area contributed by atoms with Gasteiger partial charge in [-0.25, -0.2) is 9.98 Å². The summed E-state index contributed by atoms with van der Waals surface area (Å²) >= 11 is 0. The molecule has 0 unspecified atom stereocenters. The molecule has 4 nitrogen and oxygen atoms in total. The van der Waals surface area contributed by atoms with Crippen LogP contribution in [0.15, 0.2) is 215 Å². The van der Waals surface area contributed by atoms with Crippen LogP contribution in [0.4, 0.5) is 0 Å². The maximum Gasteiger partial charge on any atom is 0.162 e. The standard InChI is InChI=1S/C54H37N3O/c1-35(40-28-29-46(39-18-6-3-7-19-39)48(32-40)43-26-24-37-16-8-10-20-41(37)30-43)56-54(57-53(55)44-27-25-38-17-9-11-21-42(38)31-44)49-33-45(36-14-4-2-5-15-36)34-51-52(49)47-22-12-13-23-50(47)58-51/h2-34,55H,1H3. The molecular weight excluding hydrogens is 707 g/mol. The molecule has 0 saturated carbocycles. The quantitative estimate of drug-likeness (QED) is 0.134. The fourth-order valence-electron chi connectivity index (χ4n) is 7.94. The van der Waals surface area contributed by atoms with Crippen LogP contribution >= 0.6 is 0 Å². The van der Waals surface area contributed by atoms with E-state index < -0.39 is 0 Å². The summed E-state index contributed by atoms with van der Waals surface area (Å²) in [5.41, 5.74) is 11.3. The predicted molar refractivity (Wildman–Crippen MR) is 244 cm³/mol. The van der Waals surface area contributed by atoms with E-state index in [9.17, 15) is 5.41 Å². The summed E-state index contributed by atoms with van der Waals surface area (Å²) < 4.78 is 6.53. The van der Waals surface area contributed by atoms with Gasteiger partial charge in [0.15, 0.2) is 11.7 Å². The largest absolute Gasteiger partial charge is 0.456 e. The first-order valence-electron chi connectivity index (χ1n) is 19.5. The summed E-state index contributed by atoms with van der Waals surface area (Å²) in [6.45, 7) is 2.03. The van der Waals surface area contributed by atoms with Gasteiger partial charge >= 0.3 is 0 Å². The van der Waals surface area contributed by atoms with E-state index >= 15 is 0 Å². The van der Waals surface area contributed by atoms with Crippen LogP contribution in [0.1, 0.15) is 23.6 Å². The molecule has 1 N–H and O–H groups in total. The zero-order valence-electron chi connectivity index (χ0n) is 31.9. The van der Waals surface area contributed by atoms with Gasteiger partial charge in [0.1, 0.15) is 11.2 Å². The van der Waals surface area contributed by atoms with Crippen molar-refractivity contribution in [3.05, 3.63) is 217 Å². The van der Waals surface area contributed by atoms with E-state index in [1.54, 1.807) is 0 Å². The molecule has 1 heterocycles. The van der Waals surface area contributed by atoms with Crippen molar-refractivity contribution in [3.8, 4) is 33.4 Å². The Labute approximate surface area is 336 Å². The average molecular weight is 744 g/mol. The van der Waals surface area contributed by atoms with Crippen LogP contribution < -0.4 is 0 Å². The van der Waals surface area contributed by atoms with Crippen LogP contribution in [0.3, 0.4) is 0 Å².